The van der Waals surface area contributed by atoms with E-state index in [1.54, 1.807) is 0 Å². The van der Waals surface area contributed by atoms with Crippen molar-refractivity contribution in [3.05, 3.63) is 12.2 Å². The zero-order chi connectivity index (χ0) is 21.8. The summed E-state index contributed by atoms with van der Waals surface area (Å²) >= 11 is 0. The molecular weight excluding hydrogens is 384 g/mol. The van der Waals surface area contributed by atoms with Gasteiger partial charge in [0.25, 0.3) is 10.1 Å². The maximum absolute atomic E-state index is 11.9. The van der Waals surface area contributed by atoms with Gasteiger partial charge in [-0.15, -0.1) is 6.58 Å². The van der Waals surface area contributed by atoms with E-state index in [1.807, 2.05) is 0 Å². The highest BCUT2D eigenvalue weighted by molar-refractivity contribution is 7.88. The zero-order valence-corrected chi connectivity index (χ0v) is 18.0. The number of carboxylic acid groups (broad SMARTS) is 2. The molecule has 8 heteroatoms. The first-order valence-corrected chi connectivity index (χ1v) is 11.5. The number of unbranched alkanes of at least 4 members (excludes halogenated alkanes) is 9. The molecule has 0 fully saturated rings. The molecule has 0 saturated heterocycles. The van der Waals surface area contributed by atoms with E-state index in [2.05, 4.69) is 13.5 Å². The molecule has 0 aliphatic rings. The lowest BCUT2D eigenvalue weighted by atomic mass is 9.82. The Morgan fingerprint density at radius 3 is 1.68 bits per heavy atom. The predicted molar refractivity (Wildman–Crippen MR) is 109 cm³/mol. The van der Waals surface area contributed by atoms with Crippen LogP contribution in [0.4, 0.5) is 0 Å². The van der Waals surface area contributed by atoms with E-state index in [1.165, 1.54) is 39.0 Å². The Morgan fingerprint density at radius 2 is 1.36 bits per heavy atom. The van der Waals surface area contributed by atoms with Crippen LogP contribution in [-0.2, 0) is 19.7 Å². The summed E-state index contributed by atoms with van der Waals surface area (Å²) in [4.78, 5) is 23.5. The number of hydrogen-bond acceptors (Lipinski definition) is 4. The van der Waals surface area contributed by atoms with Crippen molar-refractivity contribution in [3.63, 3.8) is 0 Å². The maximum Gasteiger partial charge on any atom is 0.328 e. The number of allylic oxidation sites excluding steroid dienone is 1. The second kappa shape index (κ2) is 12.9. The molecule has 2 atom stereocenters. The van der Waals surface area contributed by atoms with Gasteiger partial charge in [0.1, 0.15) is 0 Å². The van der Waals surface area contributed by atoms with Gasteiger partial charge in [-0.1, -0.05) is 76.7 Å². The second-order valence-corrected chi connectivity index (χ2v) is 9.34. The lowest BCUT2D eigenvalue weighted by Gasteiger charge is -2.32. The third-order valence-corrected chi connectivity index (χ3v) is 6.62. The lowest BCUT2D eigenvalue weighted by molar-refractivity contribution is -0.152. The largest absolute Gasteiger partial charge is 0.481 e. The number of rotatable bonds is 17. The van der Waals surface area contributed by atoms with Crippen molar-refractivity contribution in [2.75, 3.05) is 0 Å². The Kier molecular flexibility index (Phi) is 12.3. The zero-order valence-electron chi connectivity index (χ0n) is 17.2. The molecule has 2 unspecified atom stereocenters. The Labute approximate surface area is 169 Å². The Balaban J connectivity index is 4.84. The van der Waals surface area contributed by atoms with Gasteiger partial charge in [0.05, 0.1) is 5.92 Å². The average Bonchev–Trinajstić information content (AvgIpc) is 2.56. The third-order valence-electron chi connectivity index (χ3n) is 5.09. The van der Waals surface area contributed by atoms with Crippen LogP contribution in [0.5, 0.6) is 0 Å². The molecule has 0 bridgehead atoms. The molecule has 0 aromatic carbocycles. The van der Waals surface area contributed by atoms with Gasteiger partial charge in [0, 0.05) is 6.42 Å². The van der Waals surface area contributed by atoms with E-state index in [-0.39, 0.29) is 12.0 Å². The van der Waals surface area contributed by atoms with E-state index < -0.39 is 39.1 Å². The van der Waals surface area contributed by atoms with Crippen LogP contribution in [-0.4, -0.2) is 39.9 Å². The van der Waals surface area contributed by atoms with Gasteiger partial charge in [0.15, 0.2) is 0 Å². The molecule has 0 rings (SSSR count). The molecule has 0 saturated carbocycles. The standard InChI is InChI=1S/C20H36O7S/c1-4-5-6-7-8-9-10-11-12-13-14-17(18(21)22)20(19(23)24,15-16(2)3)28(25,26)27/h17H,2,4-15H2,1,3H3,(H,21,22)(H,23,24)(H,25,26,27). The highest BCUT2D eigenvalue weighted by Crippen LogP contribution is 2.37. The van der Waals surface area contributed by atoms with E-state index in [4.69, 9.17) is 0 Å². The molecule has 3 N–H and O–H groups in total. The van der Waals surface area contributed by atoms with Gasteiger partial charge >= 0.3 is 11.9 Å². The van der Waals surface area contributed by atoms with Gasteiger partial charge in [-0.25, -0.2) is 0 Å². The average molecular weight is 421 g/mol. The SMILES string of the molecule is C=C(C)CC(C(=O)O)(C(CCCCCCCCCCCC)C(=O)O)S(=O)(=O)O. The van der Waals surface area contributed by atoms with Crippen LogP contribution in [0.25, 0.3) is 0 Å². The minimum absolute atomic E-state index is 0.134. The highest BCUT2D eigenvalue weighted by Gasteiger charge is 2.59. The molecule has 0 spiro atoms. The molecule has 0 aliphatic carbocycles. The van der Waals surface area contributed by atoms with Gasteiger partial charge in [-0.05, 0) is 13.3 Å². The summed E-state index contributed by atoms with van der Waals surface area (Å²) in [5, 5.41) is 19.1. The van der Waals surface area contributed by atoms with Crippen molar-refractivity contribution in [1.29, 1.82) is 0 Å². The van der Waals surface area contributed by atoms with Crippen molar-refractivity contribution >= 4 is 22.1 Å². The predicted octanol–water partition coefficient (Wildman–Crippen LogP) is 4.68. The molecular formula is C20H36O7S. The van der Waals surface area contributed by atoms with Gasteiger partial charge in [-0.3, -0.25) is 14.1 Å². The van der Waals surface area contributed by atoms with E-state index in [0.29, 0.717) is 12.8 Å². The maximum atomic E-state index is 11.9. The van der Waals surface area contributed by atoms with Crippen LogP contribution in [0, 0.1) is 5.92 Å². The normalized spacial score (nSPS) is 15.0. The summed E-state index contributed by atoms with van der Waals surface area (Å²) in [5.74, 6) is -5.15. The van der Waals surface area contributed by atoms with Crippen molar-refractivity contribution in [3.8, 4) is 0 Å². The third kappa shape index (κ3) is 8.31. The molecule has 164 valence electrons. The summed E-state index contributed by atoms with van der Waals surface area (Å²) in [6.45, 7) is 7.08. The first-order chi connectivity index (χ1) is 13.0. The Hall–Kier alpha value is -1.41. The summed E-state index contributed by atoms with van der Waals surface area (Å²) in [6, 6.07) is 0. The first-order valence-electron chi connectivity index (χ1n) is 10.1. The number of carboxylic acids is 2. The fourth-order valence-electron chi connectivity index (χ4n) is 3.57. The molecule has 0 amide bonds. The fourth-order valence-corrected chi connectivity index (χ4v) is 4.80. The molecule has 0 aliphatic heterocycles. The molecule has 0 heterocycles. The van der Waals surface area contributed by atoms with Crippen molar-refractivity contribution in [2.45, 2.75) is 95.6 Å². The van der Waals surface area contributed by atoms with Crippen molar-refractivity contribution < 1.29 is 32.8 Å². The highest BCUT2D eigenvalue weighted by atomic mass is 32.2. The van der Waals surface area contributed by atoms with Crippen LogP contribution in [0.3, 0.4) is 0 Å². The Bertz CT molecular complexity index is 612. The van der Waals surface area contributed by atoms with Crippen molar-refractivity contribution in [1.82, 2.24) is 0 Å². The minimum atomic E-state index is -5.17. The van der Waals surface area contributed by atoms with E-state index >= 15 is 0 Å². The summed E-state index contributed by atoms with van der Waals surface area (Å²) < 4.78 is 30.7. The van der Waals surface area contributed by atoms with Gasteiger partial charge in [0.2, 0.25) is 4.75 Å². The molecule has 7 nitrogen and oxygen atoms in total. The van der Waals surface area contributed by atoms with Crippen LogP contribution in [0.2, 0.25) is 0 Å². The lowest BCUT2D eigenvalue weighted by Crippen LogP contribution is -2.55. The number of hydrogen-bond donors (Lipinski definition) is 3. The van der Waals surface area contributed by atoms with Crippen LogP contribution in [0.15, 0.2) is 12.2 Å². The smallest absolute Gasteiger partial charge is 0.328 e. The summed E-state index contributed by atoms with van der Waals surface area (Å²) in [6.07, 6.45) is 9.37. The second-order valence-electron chi connectivity index (χ2n) is 7.67. The monoisotopic (exact) mass is 420 g/mol. The number of carbonyl (C=O) groups is 2. The summed E-state index contributed by atoms with van der Waals surface area (Å²) in [5.41, 5.74) is 0.175. The van der Waals surface area contributed by atoms with E-state index in [9.17, 15) is 32.8 Å². The number of aliphatic carboxylic acids is 2. The molecule has 0 aromatic rings. The van der Waals surface area contributed by atoms with Gasteiger partial charge in [-0.2, -0.15) is 8.42 Å². The molecule has 0 aromatic heterocycles. The van der Waals surface area contributed by atoms with Gasteiger partial charge < -0.3 is 10.2 Å². The Morgan fingerprint density at radius 1 is 0.929 bits per heavy atom. The summed E-state index contributed by atoms with van der Waals surface area (Å²) in [7, 11) is -5.17. The van der Waals surface area contributed by atoms with Crippen LogP contribution >= 0.6 is 0 Å². The van der Waals surface area contributed by atoms with Crippen LogP contribution in [0.1, 0.15) is 90.9 Å². The quantitative estimate of drug-likeness (QED) is 0.177. The van der Waals surface area contributed by atoms with Crippen LogP contribution < -0.4 is 0 Å². The molecule has 0 radical (unpaired) electrons. The first kappa shape index (κ1) is 26.6. The topological polar surface area (TPSA) is 129 Å². The van der Waals surface area contributed by atoms with Crippen molar-refractivity contribution in [2.24, 2.45) is 5.92 Å². The fraction of sp³-hybridized carbons (Fsp3) is 0.800. The minimum Gasteiger partial charge on any atom is -0.481 e. The molecule has 28 heavy (non-hydrogen) atoms. The van der Waals surface area contributed by atoms with E-state index in [0.717, 1.165) is 19.3 Å².